The first kappa shape index (κ1) is 14.7. The molecule has 0 bridgehead atoms. The molecule has 0 aromatic carbocycles. The quantitative estimate of drug-likeness (QED) is 0.384. The van der Waals surface area contributed by atoms with Crippen LogP contribution in [0.1, 0.15) is 28.6 Å². The minimum atomic E-state index is 0. The van der Waals surface area contributed by atoms with E-state index in [1.165, 1.54) is 0 Å². The van der Waals surface area contributed by atoms with Gasteiger partial charge in [0.25, 0.3) is 0 Å². The van der Waals surface area contributed by atoms with Crippen LogP contribution in [0.3, 0.4) is 0 Å². The Morgan fingerprint density at radius 3 is 2.27 bits per heavy atom. The summed E-state index contributed by atoms with van der Waals surface area (Å²) < 4.78 is 5.50. The summed E-state index contributed by atoms with van der Waals surface area (Å²) in [5.74, 6) is 0.651. The Hall–Kier alpha value is 1.24. The Labute approximate surface area is 103 Å². The van der Waals surface area contributed by atoms with Crippen LogP contribution in [-0.4, -0.2) is 10.5 Å². The van der Waals surface area contributed by atoms with Gasteiger partial charge in [-0.05, 0) is 31.5 Å². The maximum Gasteiger partial charge on any atom is 1.00 e. The monoisotopic (exact) mass is 202 g/mol. The van der Waals surface area contributed by atoms with Gasteiger partial charge in [-0.1, -0.05) is 26.5 Å². The molecule has 0 rings (SSSR count). The van der Waals surface area contributed by atoms with Crippen LogP contribution in [-0.2, 0) is 4.74 Å². The van der Waals surface area contributed by atoms with E-state index in [2.05, 4.69) is 38.7 Å². The van der Waals surface area contributed by atoms with Gasteiger partial charge in [0.1, 0.15) is 0 Å². The second kappa shape index (κ2) is 7.87. The Morgan fingerprint density at radius 1 is 1.55 bits per heavy atom. The average molecular weight is 202 g/mol. The maximum absolute atomic E-state index is 5.16. The van der Waals surface area contributed by atoms with Crippen molar-refractivity contribution in [1.29, 1.82) is 0 Å². The van der Waals surface area contributed by atoms with Crippen LogP contribution in [0.2, 0.25) is 0 Å². The van der Waals surface area contributed by atoms with E-state index in [9.17, 15) is 0 Å². The van der Waals surface area contributed by atoms with E-state index in [1.807, 2.05) is 6.92 Å². The maximum atomic E-state index is 5.16. The van der Waals surface area contributed by atoms with Crippen molar-refractivity contribution in [2.45, 2.75) is 33.3 Å². The molecule has 1 atom stereocenters. The summed E-state index contributed by atoms with van der Waals surface area (Å²) in [6.45, 7) is 6.31. The molecule has 0 spiro atoms. The normalized spacial score (nSPS) is 12.1. The molecule has 0 saturated heterocycles. The molecule has 0 radical (unpaired) electrons. The number of hydrogen-bond donors (Lipinski definition) is 1. The van der Waals surface area contributed by atoms with Gasteiger partial charge in [0.2, 0.25) is 4.38 Å². The molecule has 0 N–H and O–H groups in total. The summed E-state index contributed by atoms with van der Waals surface area (Å²) in [6.07, 6.45) is 1.23. The third kappa shape index (κ3) is 11.2. The molecule has 0 amide bonds. The van der Waals surface area contributed by atoms with Gasteiger partial charge >= 0.3 is 29.6 Å². The zero-order valence-electron chi connectivity index (χ0n) is 8.63. The van der Waals surface area contributed by atoms with E-state index < -0.39 is 0 Å². The van der Waals surface area contributed by atoms with Gasteiger partial charge in [0.05, 0.1) is 6.10 Å². The summed E-state index contributed by atoms with van der Waals surface area (Å²) in [5, 5.41) is 0. The Bertz CT molecular complexity index is 122. The molecular weight excluding hydrogens is 187 g/mol. The van der Waals surface area contributed by atoms with Gasteiger partial charge in [-0.2, -0.15) is 0 Å². The summed E-state index contributed by atoms with van der Waals surface area (Å²) in [5.41, 5.74) is 0. The SMILES string of the molecule is CC(C)CC(C)OC(=S)S.[H-].[Na+]. The molecule has 0 saturated carbocycles. The van der Waals surface area contributed by atoms with E-state index >= 15 is 0 Å². The van der Waals surface area contributed by atoms with Crippen molar-refractivity contribution in [2.75, 3.05) is 0 Å². The van der Waals surface area contributed by atoms with E-state index in [0.29, 0.717) is 10.3 Å². The predicted molar refractivity (Wildman–Crippen MR) is 52.7 cm³/mol. The first-order valence-electron chi connectivity index (χ1n) is 3.42. The fourth-order valence-electron chi connectivity index (χ4n) is 0.884. The number of hydrogen-bond acceptors (Lipinski definition) is 2. The molecule has 4 heteroatoms. The number of thiocarbonyl (C=S) groups is 1. The fourth-order valence-corrected chi connectivity index (χ4v) is 1.23. The molecule has 0 aliphatic carbocycles. The van der Waals surface area contributed by atoms with Crippen LogP contribution < -0.4 is 29.6 Å². The molecule has 11 heavy (non-hydrogen) atoms. The predicted octanol–water partition coefficient (Wildman–Crippen LogP) is -0.231. The Morgan fingerprint density at radius 2 is 2.00 bits per heavy atom. The first-order chi connectivity index (χ1) is 4.52. The molecular formula is C7H15NaOS2. The van der Waals surface area contributed by atoms with Crippen LogP contribution in [0.4, 0.5) is 0 Å². The van der Waals surface area contributed by atoms with Crippen molar-refractivity contribution in [1.82, 2.24) is 0 Å². The molecule has 0 heterocycles. The van der Waals surface area contributed by atoms with Crippen LogP contribution in [0, 0.1) is 5.92 Å². The Kier molecular flexibility index (Phi) is 10.5. The topological polar surface area (TPSA) is 9.23 Å². The van der Waals surface area contributed by atoms with Crippen LogP contribution in [0.25, 0.3) is 0 Å². The standard InChI is InChI=1S/C7H14OS2.Na.H/c1-5(2)4-6(3)8-7(9)10;;/h5-6H,4H2,1-3H3,(H,9,10);;/q;+1;-1. The zero-order chi connectivity index (χ0) is 8.15. The van der Waals surface area contributed by atoms with Crippen molar-refractivity contribution in [3.63, 3.8) is 0 Å². The molecule has 1 nitrogen and oxygen atoms in total. The summed E-state index contributed by atoms with van der Waals surface area (Å²) in [6, 6.07) is 0. The van der Waals surface area contributed by atoms with Crippen molar-refractivity contribution in [3.8, 4) is 0 Å². The van der Waals surface area contributed by atoms with Gasteiger partial charge in [-0.3, -0.25) is 0 Å². The van der Waals surface area contributed by atoms with Crippen molar-refractivity contribution >= 4 is 29.2 Å². The van der Waals surface area contributed by atoms with Gasteiger partial charge in [-0.25, -0.2) is 0 Å². The van der Waals surface area contributed by atoms with E-state index in [0.717, 1.165) is 6.42 Å². The van der Waals surface area contributed by atoms with E-state index in [1.54, 1.807) is 0 Å². The minimum Gasteiger partial charge on any atom is -1.00 e. The van der Waals surface area contributed by atoms with Crippen molar-refractivity contribution < 1.29 is 35.7 Å². The minimum absolute atomic E-state index is 0. The average Bonchev–Trinajstić information content (AvgIpc) is 1.58. The molecule has 0 aromatic rings. The van der Waals surface area contributed by atoms with Gasteiger partial charge in [0, 0.05) is 0 Å². The summed E-state index contributed by atoms with van der Waals surface area (Å²) >= 11 is 8.54. The summed E-state index contributed by atoms with van der Waals surface area (Å²) in [4.78, 5) is 0. The number of ether oxygens (including phenoxy) is 1. The van der Waals surface area contributed by atoms with Crippen molar-refractivity contribution in [3.05, 3.63) is 0 Å². The zero-order valence-corrected chi connectivity index (χ0v) is 11.3. The van der Waals surface area contributed by atoms with E-state index in [4.69, 9.17) is 4.74 Å². The smallest absolute Gasteiger partial charge is 1.00 e. The molecule has 62 valence electrons. The van der Waals surface area contributed by atoms with Crippen LogP contribution >= 0.6 is 24.8 Å². The molecule has 1 unspecified atom stereocenters. The largest absolute Gasteiger partial charge is 1.00 e. The second-order valence-electron chi connectivity index (χ2n) is 2.82. The third-order valence-corrected chi connectivity index (χ3v) is 1.31. The fraction of sp³-hybridized carbons (Fsp3) is 0.857. The third-order valence-electron chi connectivity index (χ3n) is 1.11. The molecule has 0 aliphatic rings. The van der Waals surface area contributed by atoms with E-state index in [-0.39, 0.29) is 37.1 Å². The van der Waals surface area contributed by atoms with Crippen molar-refractivity contribution in [2.24, 2.45) is 5.92 Å². The van der Waals surface area contributed by atoms with Gasteiger partial charge in [-0.15, -0.1) is 0 Å². The van der Waals surface area contributed by atoms with Gasteiger partial charge in [0.15, 0.2) is 0 Å². The van der Waals surface area contributed by atoms with Crippen LogP contribution in [0.15, 0.2) is 0 Å². The molecule has 0 aliphatic heterocycles. The number of thiol groups is 1. The first-order valence-corrected chi connectivity index (χ1v) is 4.27. The molecule has 0 aromatic heterocycles. The second-order valence-corrected chi connectivity index (χ2v) is 3.90. The van der Waals surface area contributed by atoms with Crippen LogP contribution in [0.5, 0.6) is 0 Å². The summed E-state index contributed by atoms with van der Waals surface area (Å²) in [7, 11) is 0. The van der Waals surface area contributed by atoms with Gasteiger partial charge < -0.3 is 6.16 Å². The number of rotatable bonds is 3. The molecule has 0 fully saturated rings. The Balaban J connectivity index is -0.000000405.